The lowest BCUT2D eigenvalue weighted by molar-refractivity contribution is 0.408. The molecule has 0 heterocycles. The summed E-state index contributed by atoms with van der Waals surface area (Å²) >= 11 is 1.87. The zero-order chi connectivity index (χ0) is 13.3. The lowest BCUT2D eigenvalue weighted by Gasteiger charge is -2.09. The summed E-state index contributed by atoms with van der Waals surface area (Å²) in [6.45, 7) is 1.83. The molecule has 0 radical (unpaired) electrons. The van der Waals surface area contributed by atoms with E-state index in [1.165, 1.54) is 10.5 Å². The molecular weight excluding hydrogens is 254 g/mol. The van der Waals surface area contributed by atoms with Crippen molar-refractivity contribution < 1.29 is 4.74 Å². The van der Waals surface area contributed by atoms with E-state index in [1.54, 1.807) is 7.11 Å². The van der Waals surface area contributed by atoms with E-state index in [0.29, 0.717) is 0 Å². The van der Waals surface area contributed by atoms with Crippen LogP contribution in [-0.2, 0) is 6.54 Å². The molecule has 0 unspecified atom stereocenters. The molecule has 2 nitrogen and oxygen atoms in total. The summed E-state index contributed by atoms with van der Waals surface area (Å²) in [4.78, 5) is 1.32. The largest absolute Gasteiger partial charge is 0.496 e. The Kier molecular flexibility index (Phi) is 5.79. The molecule has 0 amide bonds. The zero-order valence-electron chi connectivity index (χ0n) is 11.1. The number of hydrogen-bond acceptors (Lipinski definition) is 3. The van der Waals surface area contributed by atoms with E-state index in [1.807, 2.05) is 36.0 Å². The summed E-state index contributed by atoms with van der Waals surface area (Å²) in [5, 5.41) is 3.45. The molecule has 0 saturated carbocycles. The van der Waals surface area contributed by atoms with Gasteiger partial charge in [-0.3, -0.25) is 0 Å². The van der Waals surface area contributed by atoms with Crippen molar-refractivity contribution in [2.75, 3.05) is 19.4 Å². The summed E-state index contributed by atoms with van der Waals surface area (Å²) in [6.07, 6.45) is 0. The average Bonchev–Trinajstić information content (AvgIpc) is 2.48. The smallest absolute Gasteiger partial charge is 0.123 e. The lowest BCUT2D eigenvalue weighted by atomic mass is 10.2. The van der Waals surface area contributed by atoms with Crippen LogP contribution < -0.4 is 10.1 Å². The van der Waals surface area contributed by atoms with Crippen LogP contribution >= 0.6 is 11.8 Å². The number of rotatable bonds is 7. The third kappa shape index (κ3) is 4.62. The third-order valence-corrected chi connectivity index (χ3v) is 3.81. The van der Waals surface area contributed by atoms with Gasteiger partial charge in [0.15, 0.2) is 0 Å². The highest BCUT2D eigenvalue weighted by molar-refractivity contribution is 7.99. The summed E-state index contributed by atoms with van der Waals surface area (Å²) in [6, 6.07) is 18.6. The first-order valence-electron chi connectivity index (χ1n) is 6.40. The maximum atomic E-state index is 5.33. The van der Waals surface area contributed by atoms with Crippen LogP contribution in [0.1, 0.15) is 5.56 Å². The molecule has 2 aromatic rings. The number of methoxy groups -OCH3 is 1. The molecule has 0 spiro atoms. The van der Waals surface area contributed by atoms with Gasteiger partial charge in [0.05, 0.1) is 7.11 Å². The summed E-state index contributed by atoms with van der Waals surface area (Å²) in [5.74, 6) is 2.02. The van der Waals surface area contributed by atoms with Crippen molar-refractivity contribution in [3.63, 3.8) is 0 Å². The molecule has 0 aliphatic heterocycles. The van der Waals surface area contributed by atoms with Gasteiger partial charge in [0.1, 0.15) is 5.75 Å². The van der Waals surface area contributed by atoms with E-state index in [4.69, 9.17) is 4.74 Å². The van der Waals surface area contributed by atoms with E-state index < -0.39 is 0 Å². The SMILES string of the molecule is COc1ccccc1CNCCSc1ccccc1. The number of ether oxygens (including phenoxy) is 1. The fourth-order valence-electron chi connectivity index (χ4n) is 1.83. The highest BCUT2D eigenvalue weighted by Gasteiger charge is 2.00. The van der Waals surface area contributed by atoms with Crippen molar-refractivity contribution in [2.45, 2.75) is 11.4 Å². The molecule has 3 heteroatoms. The number of para-hydroxylation sites is 1. The van der Waals surface area contributed by atoms with Crippen molar-refractivity contribution in [2.24, 2.45) is 0 Å². The molecule has 0 atom stereocenters. The highest BCUT2D eigenvalue weighted by atomic mass is 32.2. The first-order valence-corrected chi connectivity index (χ1v) is 7.39. The van der Waals surface area contributed by atoms with Crippen LogP contribution in [0.5, 0.6) is 5.75 Å². The van der Waals surface area contributed by atoms with Crippen molar-refractivity contribution in [3.05, 3.63) is 60.2 Å². The molecule has 0 aromatic heterocycles. The second-order valence-electron chi connectivity index (χ2n) is 4.15. The Morgan fingerprint density at radius 1 is 1.00 bits per heavy atom. The van der Waals surface area contributed by atoms with Gasteiger partial charge in [-0.15, -0.1) is 11.8 Å². The van der Waals surface area contributed by atoms with Crippen LogP contribution in [-0.4, -0.2) is 19.4 Å². The lowest BCUT2D eigenvalue weighted by Crippen LogP contribution is -2.16. The fourth-order valence-corrected chi connectivity index (χ4v) is 2.66. The number of nitrogens with one attached hydrogen (secondary N) is 1. The van der Waals surface area contributed by atoms with Crippen molar-refractivity contribution in [1.29, 1.82) is 0 Å². The number of hydrogen-bond donors (Lipinski definition) is 1. The molecule has 2 rings (SSSR count). The number of benzene rings is 2. The molecule has 0 fully saturated rings. The normalized spacial score (nSPS) is 10.4. The maximum Gasteiger partial charge on any atom is 0.123 e. The molecule has 0 aliphatic carbocycles. The summed E-state index contributed by atoms with van der Waals surface area (Å²) < 4.78 is 5.33. The predicted molar refractivity (Wildman–Crippen MR) is 81.9 cm³/mol. The van der Waals surface area contributed by atoms with Gasteiger partial charge in [-0.2, -0.15) is 0 Å². The molecule has 100 valence electrons. The van der Waals surface area contributed by atoms with Crippen LogP contribution in [0, 0.1) is 0 Å². The Balaban J connectivity index is 1.69. The quantitative estimate of drug-likeness (QED) is 0.615. The Hall–Kier alpha value is -1.45. The molecule has 19 heavy (non-hydrogen) atoms. The average molecular weight is 273 g/mol. The topological polar surface area (TPSA) is 21.3 Å². The van der Waals surface area contributed by atoms with Gasteiger partial charge in [-0.25, -0.2) is 0 Å². The molecule has 0 saturated heterocycles. The zero-order valence-corrected chi connectivity index (χ0v) is 12.0. The van der Waals surface area contributed by atoms with E-state index in [9.17, 15) is 0 Å². The summed E-state index contributed by atoms with van der Waals surface area (Å²) in [7, 11) is 1.71. The minimum atomic E-state index is 0.847. The Labute approximate surface area is 119 Å². The minimum absolute atomic E-state index is 0.847. The van der Waals surface area contributed by atoms with Crippen LogP contribution in [0.25, 0.3) is 0 Å². The van der Waals surface area contributed by atoms with Crippen LogP contribution in [0.2, 0.25) is 0 Å². The Morgan fingerprint density at radius 3 is 2.53 bits per heavy atom. The van der Waals surface area contributed by atoms with Gasteiger partial charge in [0.2, 0.25) is 0 Å². The Morgan fingerprint density at radius 2 is 1.74 bits per heavy atom. The number of thioether (sulfide) groups is 1. The molecule has 0 bridgehead atoms. The third-order valence-electron chi connectivity index (χ3n) is 2.80. The van der Waals surface area contributed by atoms with Gasteiger partial charge in [-0.05, 0) is 18.2 Å². The van der Waals surface area contributed by atoms with Crippen LogP contribution in [0.15, 0.2) is 59.5 Å². The van der Waals surface area contributed by atoms with Crippen LogP contribution in [0.4, 0.5) is 0 Å². The first kappa shape index (κ1) is 14.0. The molecule has 0 aliphatic rings. The van der Waals surface area contributed by atoms with E-state index in [0.717, 1.165) is 24.6 Å². The second kappa shape index (κ2) is 7.87. The van der Waals surface area contributed by atoms with Gasteiger partial charge in [0.25, 0.3) is 0 Å². The second-order valence-corrected chi connectivity index (χ2v) is 5.32. The van der Waals surface area contributed by atoms with Crippen molar-refractivity contribution >= 4 is 11.8 Å². The van der Waals surface area contributed by atoms with Crippen molar-refractivity contribution in [3.8, 4) is 5.75 Å². The predicted octanol–water partition coefficient (Wildman–Crippen LogP) is 3.58. The van der Waals surface area contributed by atoms with Crippen LogP contribution in [0.3, 0.4) is 0 Å². The minimum Gasteiger partial charge on any atom is -0.496 e. The van der Waals surface area contributed by atoms with Gasteiger partial charge in [-0.1, -0.05) is 36.4 Å². The van der Waals surface area contributed by atoms with Gasteiger partial charge < -0.3 is 10.1 Å². The van der Waals surface area contributed by atoms with Gasteiger partial charge in [0, 0.05) is 29.3 Å². The molecule has 2 aromatic carbocycles. The monoisotopic (exact) mass is 273 g/mol. The molecular formula is C16H19NOS. The van der Waals surface area contributed by atoms with E-state index >= 15 is 0 Å². The Bertz CT molecular complexity index is 487. The first-order chi connectivity index (χ1) is 9.40. The molecule has 1 N–H and O–H groups in total. The fraction of sp³-hybridized carbons (Fsp3) is 0.250. The van der Waals surface area contributed by atoms with E-state index in [-0.39, 0.29) is 0 Å². The van der Waals surface area contributed by atoms with Gasteiger partial charge >= 0.3 is 0 Å². The van der Waals surface area contributed by atoms with E-state index in [2.05, 4.69) is 35.6 Å². The van der Waals surface area contributed by atoms with Crippen molar-refractivity contribution in [1.82, 2.24) is 5.32 Å². The maximum absolute atomic E-state index is 5.33. The standard InChI is InChI=1S/C16H19NOS/c1-18-16-10-6-5-7-14(16)13-17-11-12-19-15-8-3-2-4-9-15/h2-10,17H,11-13H2,1H3. The summed E-state index contributed by atoms with van der Waals surface area (Å²) in [5.41, 5.74) is 1.20. The highest BCUT2D eigenvalue weighted by Crippen LogP contribution is 2.18.